The van der Waals surface area contributed by atoms with Gasteiger partial charge in [0.15, 0.2) is 5.69 Å². The molecule has 12 heavy (non-hydrogen) atoms. The van der Waals surface area contributed by atoms with Crippen molar-refractivity contribution in [2.45, 2.75) is 6.92 Å². The van der Waals surface area contributed by atoms with Crippen molar-refractivity contribution in [1.82, 2.24) is 4.98 Å². The quantitative estimate of drug-likeness (QED) is 0.723. The maximum absolute atomic E-state index is 10.6. The average Bonchev–Trinajstić information content (AvgIpc) is 2.04. The molecule has 62 valence electrons. The van der Waals surface area contributed by atoms with E-state index in [2.05, 4.69) is 11.6 Å². The lowest BCUT2D eigenvalue weighted by Gasteiger charge is -2.02. The highest BCUT2D eigenvalue weighted by atomic mass is 16.4. The molecule has 0 saturated carbocycles. The summed E-state index contributed by atoms with van der Waals surface area (Å²) in [6, 6.07) is 3.38. The Bertz CT molecular complexity index is 298. The van der Waals surface area contributed by atoms with Crippen LogP contribution in [0.3, 0.4) is 0 Å². The van der Waals surface area contributed by atoms with Gasteiger partial charge in [0.1, 0.15) is 0 Å². The lowest BCUT2D eigenvalue weighted by Crippen LogP contribution is -2.03. The monoisotopic (exact) mass is 163 g/mol. The molecule has 0 unspecified atom stereocenters. The minimum atomic E-state index is -1.02. The van der Waals surface area contributed by atoms with Crippen LogP contribution in [0.15, 0.2) is 24.9 Å². The predicted molar refractivity (Wildman–Crippen MR) is 45.9 cm³/mol. The highest BCUT2D eigenvalue weighted by molar-refractivity contribution is 5.91. The van der Waals surface area contributed by atoms with E-state index in [-0.39, 0.29) is 5.69 Å². The van der Waals surface area contributed by atoms with Gasteiger partial charge in [0.25, 0.3) is 0 Å². The molecule has 3 nitrogen and oxygen atoms in total. The number of carboxylic acids is 1. The van der Waals surface area contributed by atoms with Crippen molar-refractivity contribution in [1.29, 1.82) is 0 Å². The summed E-state index contributed by atoms with van der Waals surface area (Å²) in [5, 5.41) is 8.71. The van der Waals surface area contributed by atoms with E-state index in [1.807, 2.05) is 0 Å². The first-order valence-electron chi connectivity index (χ1n) is 3.47. The second-order valence-electron chi connectivity index (χ2n) is 2.49. The topological polar surface area (TPSA) is 50.2 Å². The number of carbonyl (C=O) groups is 1. The number of carboxylic acid groups (broad SMARTS) is 1. The van der Waals surface area contributed by atoms with Crippen molar-refractivity contribution in [3.63, 3.8) is 0 Å². The molecule has 1 heterocycles. The van der Waals surface area contributed by atoms with Gasteiger partial charge in [0.2, 0.25) is 0 Å². The average molecular weight is 163 g/mol. The fourth-order valence-electron chi connectivity index (χ4n) is 0.920. The van der Waals surface area contributed by atoms with Gasteiger partial charge in [0.05, 0.1) is 0 Å². The molecule has 0 aromatic carbocycles. The lowest BCUT2D eigenvalue weighted by molar-refractivity contribution is 0.0690. The van der Waals surface area contributed by atoms with Crippen molar-refractivity contribution >= 4 is 11.5 Å². The van der Waals surface area contributed by atoms with E-state index in [1.54, 1.807) is 19.1 Å². The molecule has 1 aromatic rings. The molecule has 0 aliphatic carbocycles. The molecule has 0 aliphatic heterocycles. The van der Waals surface area contributed by atoms with Gasteiger partial charge in [-0.3, -0.25) is 0 Å². The van der Waals surface area contributed by atoms with E-state index in [9.17, 15) is 4.79 Å². The fourth-order valence-corrected chi connectivity index (χ4v) is 0.920. The highest BCUT2D eigenvalue weighted by Crippen LogP contribution is 2.14. The standard InChI is InChI=1S/C9H9NO2/c1-6(2)7-4-3-5-10-8(7)9(11)12/h3-5H,1H2,2H3,(H,11,12). The minimum Gasteiger partial charge on any atom is -0.476 e. The third-order valence-electron chi connectivity index (χ3n) is 1.47. The van der Waals surface area contributed by atoms with Crippen molar-refractivity contribution in [2.24, 2.45) is 0 Å². The molecule has 1 aromatic heterocycles. The van der Waals surface area contributed by atoms with E-state index < -0.39 is 5.97 Å². The molecule has 1 rings (SSSR count). The Kier molecular flexibility index (Phi) is 2.24. The van der Waals surface area contributed by atoms with Crippen LogP contribution in [0.25, 0.3) is 5.57 Å². The van der Waals surface area contributed by atoms with Crippen molar-refractivity contribution < 1.29 is 9.90 Å². The summed E-state index contributed by atoms with van der Waals surface area (Å²) < 4.78 is 0. The number of pyridine rings is 1. The Balaban J connectivity index is 3.27. The van der Waals surface area contributed by atoms with E-state index in [0.717, 1.165) is 0 Å². The normalized spacial score (nSPS) is 9.42. The zero-order valence-corrected chi connectivity index (χ0v) is 6.74. The predicted octanol–water partition coefficient (Wildman–Crippen LogP) is 1.81. The van der Waals surface area contributed by atoms with Gasteiger partial charge in [-0.2, -0.15) is 0 Å². The lowest BCUT2D eigenvalue weighted by atomic mass is 10.1. The molecule has 3 heteroatoms. The van der Waals surface area contributed by atoms with Crippen molar-refractivity contribution in [3.05, 3.63) is 36.2 Å². The molecule has 0 bridgehead atoms. The molecular formula is C9H9NO2. The zero-order valence-electron chi connectivity index (χ0n) is 6.74. The molecule has 0 fully saturated rings. The summed E-state index contributed by atoms with van der Waals surface area (Å²) in [4.78, 5) is 14.4. The summed E-state index contributed by atoms with van der Waals surface area (Å²) >= 11 is 0. The van der Waals surface area contributed by atoms with Crippen LogP contribution in [0, 0.1) is 0 Å². The van der Waals surface area contributed by atoms with Gasteiger partial charge in [-0.1, -0.05) is 12.6 Å². The van der Waals surface area contributed by atoms with E-state index in [0.29, 0.717) is 11.1 Å². The Morgan fingerprint density at radius 2 is 2.33 bits per heavy atom. The van der Waals surface area contributed by atoms with E-state index in [1.165, 1.54) is 6.20 Å². The Morgan fingerprint density at radius 1 is 1.67 bits per heavy atom. The molecule has 0 spiro atoms. The Morgan fingerprint density at radius 3 is 2.75 bits per heavy atom. The maximum atomic E-state index is 10.6. The van der Waals surface area contributed by atoms with Crippen LogP contribution < -0.4 is 0 Å². The summed E-state index contributed by atoms with van der Waals surface area (Å²) in [7, 11) is 0. The van der Waals surface area contributed by atoms with E-state index in [4.69, 9.17) is 5.11 Å². The van der Waals surface area contributed by atoms with Crippen LogP contribution in [0.2, 0.25) is 0 Å². The van der Waals surface area contributed by atoms with Crippen molar-refractivity contribution in [2.75, 3.05) is 0 Å². The van der Waals surface area contributed by atoms with Crippen molar-refractivity contribution in [3.8, 4) is 0 Å². The van der Waals surface area contributed by atoms with Crippen LogP contribution in [-0.2, 0) is 0 Å². The molecule has 0 aliphatic rings. The van der Waals surface area contributed by atoms with Gasteiger partial charge in [-0.15, -0.1) is 0 Å². The third-order valence-corrected chi connectivity index (χ3v) is 1.47. The first-order chi connectivity index (χ1) is 5.63. The first-order valence-corrected chi connectivity index (χ1v) is 3.47. The molecular weight excluding hydrogens is 154 g/mol. The van der Waals surface area contributed by atoms with E-state index >= 15 is 0 Å². The number of aromatic carboxylic acids is 1. The van der Waals surface area contributed by atoms with Crippen LogP contribution in [0.5, 0.6) is 0 Å². The summed E-state index contributed by atoms with van der Waals surface area (Å²) in [5.74, 6) is -1.02. The summed E-state index contributed by atoms with van der Waals surface area (Å²) in [5.41, 5.74) is 1.36. The maximum Gasteiger partial charge on any atom is 0.355 e. The summed E-state index contributed by atoms with van der Waals surface area (Å²) in [6.45, 7) is 5.42. The SMILES string of the molecule is C=C(C)c1cccnc1C(=O)O. The molecule has 0 radical (unpaired) electrons. The molecule has 0 saturated heterocycles. The number of allylic oxidation sites excluding steroid dienone is 1. The van der Waals surface area contributed by atoms with Crippen LogP contribution in [0.4, 0.5) is 0 Å². The number of rotatable bonds is 2. The number of hydrogen-bond acceptors (Lipinski definition) is 2. The second-order valence-corrected chi connectivity index (χ2v) is 2.49. The smallest absolute Gasteiger partial charge is 0.355 e. The van der Waals surface area contributed by atoms with Gasteiger partial charge < -0.3 is 5.11 Å². The van der Waals surface area contributed by atoms with Gasteiger partial charge in [0, 0.05) is 11.8 Å². The zero-order chi connectivity index (χ0) is 9.14. The van der Waals surface area contributed by atoms with Gasteiger partial charge in [-0.05, 0) is 18.6 Å². The van der Waals surface area contributed by atoms with Gasteiger partial charge >= 0.3 is 5.97 Å². The van der Waals surface area contributed by atoms with Gasteiger partial charge in [-0.25, -0.2) is 9.78 Å². The fraction of sp³-hybridized carbons (Fsp3) is 0.111. The Labute approximate surface area is 70.4 Å². The van der Waals surface area contributed by atoms with Crippen LogP contribution >= 0.6 is 0 Å². The number of aromatic nitrogens is 1. The highest BCUT2D eigenvalue weighted by Gasteiger charge is 2.10. The third kappa shape index (κ3) is 1.50. The first kappa shape index (κ1) is 8.46. The number of nitrogens with zero attached hydrogens (tertiary/aromatic N) is 1. The molecule has 1 N–H and O–H groups in total. The minimum absolute atomic E-state index is 0.0602. The van der Waals surface area contributed by atoms with Crippen LogP contribution in [0.1, 0.15) is 23.0 Å². The Hall–Kier alpha value is -1.64. The molecule has 0 atom stereocenters. The number of hydrogen-bond donors (Lipinski definition) is 1. The second kappa shape index (κ2) is 3.17. The molecule has 0 amide bonds. The summed E-state index contributed by atoms with van der Waals surface area (Å²) in [6.07, 6.45) is 1.45. The van der Waals surface area contributed by atoms with Crippen LogP contribution in [-0.4, -0.2) is 16.1 Å². The largest absolute Gasteiger partial charge is 0.476 e.